The Morgan fingerprint density at radius 1 is 1.19 bits per heavy atom. The van der Waals surface area contributed by atoms with E-state index in [9.17, 15) is 4.79 Å². The zero-order valence-electron chi connectivity index (χ0n) is 13.2. The van der Waals surface area contributed by atoms with Crippen molar-refractivity contribution in [1.29, 1.82) is 0 Å². The van der Waals surface area contributed by atoms with Gasteiger partial charge in [-0.25, -0.2) is 0 Å². The van der Waals surface area contributed by atoms with Gasteiger partial charge in [0.25, 0.3) is 0 Å². The van der Waals surface area contributed by atoms with Gasteiger partial charge in [-0.15, -0.1) is 0 Å². The molecule has 0 saturated carbocycles. The van der Waals surface area contributed by atoms with Gasteiger partial charge in [0.05, 0.1) is 19.6 Å². The van der Waals surface area contributed by atoms with Gasteiger partial charge >= 0.3 is 0 Å². The molecule has 1 aromatic carbocycles. The minimum Gasteiger partial charge on any atom is -0.490 e. The van der Waals surface area contributed by atoms with E-state index in [1.54, 1.807) is 0 Å². The van der Waals surface area contributed by atoms with Crippen molar-refractivity contribution in [1.82, 2.24) is 5.32 Å². The fraction of sp³-hybridized carbons (Fsp3) is 0.562. The first-order valence-electron chi connectivity index (χ1n) is 7.39. The number of carbonyl (C=O) groups is 1. The predicted molar refractivity (Wildman–Crippen MR) is 88.1 cm³/mol. The van der Waals surface area contributed by atoms with E-state index < -0.39 is 0 Å². The number of carbonyl (C=O) groups excluding carboxylic acids is 1. The second kappa shape index (κ2) is 8.93. The number of nitrogens with one attached hydrogen (secondary N) is 1. The van der Waals surface area contributed by atoms with Crippen molar-refractivity contribution in [2.24, 2.45) is 0 Å². The second-order valence-electron chi connectivity index (χ2n) is 4.81. The maximum Gasteiger partial charge on any atom is 0.224 e. The van der Waals surface area contributed by atoms with Crippen molar-refractivity contribution in [3.05, 3.63) is 22.2 Å². The molecule has 1 aromatic rings. The molecule has 1 N–H and O–H groups in total. The molecule has 1 amide bonds. The molecular weight excluding hydrogens is 334 g/mol. The Kier molecular flexibility index (Phi) is 7.57. The maximum atomic E-state index is 12.0. The Bertz CT molecular complexity index is 477. The topological polar surface area (TPSA) is 47.6 Å². The first-order chi connectivity index (χ1) is 10.0. The highest BCUT2D eigenvalue weighted by atomic mass is 79.9. The normalized spacial score (nSPS) is 11.9. The van der Waals surface area contributed by atoms with E-state index in [4.69, 9.17) is 9.47 Å². The summed E-state index contributed by atoms with van der Waals surface area (Å²) in [5, 5.41) is 2.96. The standard InChI is InChI=1S/C16H24BrNO3/c1-5-11(4)18-16(19)9-12-8-14(20-6-2)15(21-7-3)10-13(12)17/h8,10-11H,5-7,9H2,1-4H3,(H,18,19). The Balaban J connectivity index is 2.91. The Morgan fingerprint density at radius 2 is 1.76 bits per heavy atom. The molecule has 21 heavy (non-hydrogen) atoms. The van der Waals surface area contributed by atoms with Crippen molar-refractivity contribution in [3.8, 4) is 11.5 Å². The fourth-order valence-corrected chi connectivity index (χ4v) is 2.31. The lowest BCUT2D eigenvalue weighted by atomic mass is 10.1. The van der Waals surface area contributed by atoms with Crippen LogP contribution in [0.25, 0.3) is 0 Å². The zero-order valence-corrected chi connectivity index (χ0v) is 14.7. The second-order valence-corrected chi connectivity index (χ2v) is 5.66. The third-order valence-electron chi connectivity index (χ3n) is 3.08. The largest absolute Gasteiger partial charge is 0.490 e. The van der Waals surface area contributed by atoms with Gasteiger partial charge in [0.15, 0.2) is 11.5 Å². The van der Waals surface area contributed by atoms with Crippen LogP contribution in [0.3, 0.4) is 0 Å². The molecule has 0 aliphatic carbocycles. The smallest absolute Gasteiger partial charge is 0.224 e. The molecule has 1 atom stereocenters. The van der Waals surface area contributed by atoms with Crippen LogP contribution in [0.5, 0.6) is 11.5 Å². The highest BCUT2D eigenvalue weighted by molar-refractivity contribution is 9.10. The van der Waals surface area contributed by atoms with Gasteiger partial charge in [0.1, 0.15) is 0 Å². The van der Waals surface area contributed by atoms with Gasteiger partial charge in [0, 0.05) is 10.5 Å². The molecule has 1 rings (SSSR count). The number of benzene rings is 1. The van der Waals surface area contributed by atoms with Crippen molar-refractivity contribution in [2.45, 2.75) is 46.6 Å². The van der Waals surface area contributed by atoms with Gasteiger partial charge in [-0.05, 0) is 44.9 Å². The lowest BCUT2D eigenvalue weighted by Gasteiger charge is -2.15. The van der Waals surface area contributed by atoms with Gasteiger partial charge in [-0.2, -0.15) is 0 Å². The molecule has 0 heterocycles. The zero-order chi connectivity index (χ0) is 15.8. The first-order valence-corrected chi connectivity index (χ1v) is 8.18. The van der Waals surface area contributed by atoms with Gasteiger partial charge in [0.2, 0.25) is 5.91 Å². The average Bonchev–Trinajstić information content (AvgIpc) is 2.44. The van der Waals surface area contributed by atoms with Crippen LogP contribution in [0.2, 0.25) is 0 Å². The molecular formula is C16H24BrNO3. The molecule has 0 spiro atoms. The molecule has 0 saturated heterocycles. The molecule has 0 aromatic heterocycles. The summed E-state index contributed by atoms with van der Waals surface area (Å²) in [6.45, 7) is 9.02. The van der Waals surface area contributed by atoms with Gasteiger partial charge in [-0.1, -0.05) is 22.9 Å². The molecule has 0 radical (unpaired) electrons. The number of hydrogen-bond acceptors (Lipinski definition) is 3. The lowest BCUT2D eigenvalue weighted by Crippen LogP contribution is -2.33. The van der Waals surface area contributed by atoms with E-state index in [2.05, 4.69) is 21.2 Å². The lowest BCUT2D eigenvalue weighted by molar-refractivity contribution is -0.121. The van der Waals surface area contributed by atoms with Crippen molar-refractivity contribution in [3.63, 3.8) is 0 Å². The SMILES string of the molecule is CCOc1cc(Br)c(CC(=O)NC(C)CC)cc1OCC. The molecule has 0 aliphatic heterocycles. The highest BCUT2D eigenvalue weighted by Gasteiger charge is 2.14. The van der Waals surface area contributed by atoms with Crippen LogP contribution >= 0.6 is 15.9 Å². The van der Waals surface area contributed by atoms with Crippen molar-refractivity contribution in [2.75, 3.05) is 13.2 Å². The fourth-order valence-electron chi connectivity index (χ4n) is 1.85. The van der Waals surface area contributed by atoms with Crippen LogP contribution in [0.1, 0.15) is 39.7 Å². The van der Waals surface area contributed by atoms with Crippen molar-refractivity contribution < 1.29 is 14.3 Å². The van der Waals surface area contributed by atoms with Gasteiger partial charge in [-0.3, -0.25) is 4.79 Å². The summed E-state index contributed by atoms with van der Waals surface area (Å²) >= 11 is 3.50. The van der Waals surface area contributed by atoms with E-state index in [0.29, 0.717) is 31.1 Å². The number of halogens is 1. The highest BCUT2D eigenvalue weighted by Crippen LogP contribution is 2.34. The summed E-state index contributed by atoms with van der Waals surface area (Å²) < 4.78 is 12.0. The van der Waals surface area contributed by atoms with Crippen LogP contribution in [-0.2, 0) is 11.2 Å². The van der Waals surface area contributed by atoms with Gasteiger partial charge < -0.3 is 14.8 Å². The number of amides is 1. The summed E-state index contributed by atoms with van der Waals surface area (Å²) in [7, 11) is 0. The van der Waals surface area contributed by atoms with Crippen LogP contribution in [0.15, 0.2) is 16.6 Å². The van der Waals surface area contributed by atoms with E-state index in [0.717, 1.165) is 16.5 Å². The van der Waals surface area contributed by atoms with E-state index in [1.165, 1.54) is 0 Å². The first kappa shape index (κ1) is 17.8. The Morgan fingerprint density at radius 3 is 2.29 bits per heavy atom. The Hall–Kier alpha value is -1.23. The maximum absolute atomic E-state index is 12.0. The monoisotopic (exact) mass is 357 g/mol. The average molecular weight is 358 g/mol. The molecule has 118 valence electrons. The summed E-state index contributed by atoms with van der Waals surface area (Å²) in [5.74, 6) is 1.38. The molecule has 0 aliphatic rings. The summed E-state index contributed by atoms with van der Waals surface area (Å²) in [5.41, 5.74) is 0.891. The van der Waals surface area contributed by atoms with E-state index >= 15 is 0 Å². The third kappa shape index (κ3) is 5.58. The van der Waals surface area contributed by atoms with Crippen molar-refractivity contribution >= 4 is 21.8 Å². The quantitative estimate of drug-likeness (QED) is 0.771. The third-order valence-corrected chi connectivity index (χ3v) is 3.82. The summed E-state index contributed by atoms with van der Waals surface area (Å²) in [6.07, 6.45) is 1.23. The number of hydrogen-bond donors (Lipinski definition) is 1. The molecule has 0 bridgehead atoms. The number of ether oxygens (including phenoxy) is 2. The number of rotatable bonds is 8. The van der Waals surface area contributed by atoms with Crippen LogP contribution in [0.4, 0.5) is 0 Å². The summed E-state index contributed by atoms with van der Waals surface area (Å²) in [4.78, 5) is 12.0. The Labute approximate surface area is 135 Å². The molecule has 0 fully saturated rings. The van der Waals surface area contributed by atoms with E-state index in [-0.39, 0.29) is 11.9 Å². The van der Waals surface area contributed by atoms with Crippen LogP contribution in [-0.4, -0.2) is 25.2 Å². The van der Waals surface area contributed by atoms with Crippen LogP contribution < -0.4 is 14.8 Å². The molecule has 5 heteroatoms. The minimum atomic E-state index is 0.0108. The van der Waals surface area contributed by atoms with Crippen LogP contribution in [0, 0.1) is 0 Å². The molecule has 4 nitrogen and oxygen atoms in total. The van der Waals surface area contributed by atoms with E-state index in [1.807, 2.05) is 39.8 Å². The summed E-state index contributed by atoms with van der Waals surface area (Å²) in [6, 6.07) is 3.92. The predicted octanol–water partition coefficient (Wildman–Crippen LogP) is 3.70. The minimum absolute atomic E-state index is 0.0108. The molecule has 1 unspecified atom stereocenters.